The van der Waals surface area contributed by atoms with Crippen molar-refractivity contribution in [2.45, 2.75) is 20.8 Å². The number of amides is 1. The van der Waals surface area contributed by atoms with Crippen molar-refractivity contribution in [3.8, 4) is 11.6 Å². The number of aromatic nitrogens is 5. The van der Waals surface area contributed by atoms with Gasteiger partial charge < -0.3 is 15.0 Å². The largest absolute Gasteiger partial charge is 0.466 e. The van der Waals surface area contributed by atoms with E-state index < -0.39 is 0 Å². The first-order valence-corrected chi connectivity index (χ1v) is 9.45. The molecule has 3 heterocycles. The van der Waals surface area contributed by atoms with E-state index in [0.717, 1.165) is 22.3 Å². The lowest BCUT2D eigenvalue weighted by Gasteiger charge is -2.12. The Balaban J connectivity index is 1.55. The molecule has 0 unspecified atom stereocenters. The van der Waals surface area contributed by atoms with Gasteiger partial charge in [0.2, 0.25) is 5.88 Å². The average molecular weight is 406 g/mol. The number of imidazole rings is 1. The van der Waals surface area contributed by atoms with E-state index in [2.05, 4.69) is 20.4 Å². The molecule has 0 fully saturated rings. The summed E-state index contributed by atoms with van der Waals surface area (Å²) in [4.78, 5) is 31.8. The molecule has 1 aromatic carbocycles. The van der Waals surface area contributed by atoms with Crippen molar-refractivity contribution in [3.05, 3.63) is 64.0 Å². The van der Waals surface area contributed by atoms with Crippen molar-refractivity contribution in [2.24, 2.45) is 7.05 Å². The van der Waals surface area contributed by atoms with Crippen LogP contribution < -0.4 is 15.7 Å². The van der Waals surface area contributed by atoms with E-state index in [-0.39, 0.29) is 18.2 Å². The molecular formula is C21H22N6O3. The number of hydrogen-bond donors (Lipinski definition) is 2. The molecule has 0 aliphatic carbocycles. The highest BCUT2D eigenvalue weighted by Crippen LogP contribution is 2.27. The number of pyridine rings is 1. The van der Waals surface area contributed by atoms with Crippen LogP contribution in [-0.4, -0.2) is 36.8 Å². The summed E-state index contributed by atoms with van der Waals surface area (Å²) in [5.41, 5.74) is 4.12. The Hall–Kier alpha value is -3.88. The number of nitrogens with zero attached hydrogens (tertiary/aromatic N) is 4. The third kappa shape index (κ3) is 3.45. The Morgan fingerprint density at radius 2 is 2.00 bits per heavy atom. The zero-order chi connectivity index (χ0) is 21.4. The average Bonchev–Trinajstić information content (AvgIpc) is 3.20. The summed E-state index contributed by atoms with van der Waals surface area (Å²) in [6.45, 7) is 5.46. The lowest BCUT2D eigenvalue weighted by atomic mass is 10.2. The number of fused-ring (bicyclic) bond motifs is 1. The molecule has 0 atom stereocenters. The molecule has 154 valence electrons. The van der Waals surface area contributed by atoms with E-state index in [1.54, 1.807) is 42.2 Å². The first-order chi connectivity index (χ1) is 14.3. The molecule has 0 spiro atoms. The predicted octanol–water partition coefficient (Wildman–Crippen LogP) is 2.39. The number of rotatable bonds is 5. The van der Waals surface area contributed by atoms with E-state index in [0.29, 0.717) is 22.9 Å². The van der Waals surface area contributed by atoms with Crippen LogP contribution in [0.1, 0.15) is 17.0 Å². The number of carbonyl (C=O) groups excluding carboxylic acids is 1. The molecule has 2 N–H and O–H groups in total. The number of H-pyrrole nitrogens is 1. The zero-order valence-electron chi connectivity index (χ0n) is 17.2. The van der Waals surface area contributed by atoms with Crippen LogP contribution in [0.2, 0.25) is 0 Å². The van der Waals surface area contributed by atoms with Gasteiger partial charge in [0.25, 0.3) is 5.91 Å². The minimum atomic E-state index is -0.361. The maximum atomic E-state index is 12.6. The summed E-state index contributed by atoms with van der Waals surface area (Å²) in [6.07, 6.45) is 1.62. The number of hydrogen-bond acceptors (Lipinski definition) is 5. The molecule has 0 bridgehead atoms. The van der Waals surface area contributed by atoms with Crippen molar-refractivity contribution in [3.63, 3.8) is 0 Å². The molecule has 4 rings (SSSR count). The number of aryl methyl sites for hydroxylation is 4. The Kier molecular flexibility index (Phi) is 4.86. The molecule has 0 saturated carbocycles. The van der Waals surface area contributed by atoms with Gasteiger partial charge in [-0.2, -0.15) is 0 Å². The highest BCUT2D eigenvalue weighted by Gasteiger charge is 2.17. The Morgan fingerprint density at radius 1 is 1.23 bits per heavy atom. The first-order valence-electron chi connectivity index (χ1n) is 9.45. The topological polar surface area (TPSA) is 107 Å². The van der Waals surface area contributed by atoms with Crippen LogP contribution in [0.25, 0.3) is 16.7 Å². The SMILES string of the molecule is Cc1cc(C)c2c(OCC(=O)Nc3ccccc3-n3c(C)c[nH]c3=O)nn(C)c2n1. The summed E-state index contributed by atoms with van der Waals surface area (Å²) in [7, 11) is 1.79. The second kappa shape index (κ2) is 7.51. The molecule has 9 nitrogen and oxygen atoms in total. The van der Waals surface area contributed by atoms with Crippen molar-refractivity contribution >= 4 is 22.6 Å². The third-order valence-electron chi connectivity index (χ3n) is 4.81. The van der Waals surface area contributed by atoms with Gasteiger partial charge in [-0.15, -0.1) is 5.10 Å². The van der Waals surface area contributed by atoms with Crippen LogP contribution >= 0.6 is 0 Å². The van der Waals surface area contributed by atoms with Gasteiger partial charge in [0.05, 0.1) is 16.8 Å². The fourth-order valence-corrected chi connectivity index (χ4v) is 3.50. The van der Waals surface area contributed by atoms with Crippen LogP contribution in [0.15, 0.2) is 41.3 Å². The lowest BCUT2D eigenvalue weighted by molar-refractivity contribution is -0.118. The number of aromatic amines is 1. The molecule has 0 radical (unpaired) electrons. The van der Waals surface area contributed by atoms with Gasteiger partial charge in [-0.1, -0.05) is 12.1 Å². The van der Waals surface area contributed by atoms with Crippen molar-refractivity contribution < 1.29 is 9.53 Å². The smallest absolute Gasteiger partial charge is 0.330 e. The molecule has 30 heavy (non-hydrogen) atoms. The van der Waals surface area contributed by atoms with E-state index in [1.807, 2.05) is 26.8 Å². The van der Waals surface area contributed by atoms with Gasteiger partial charge in [0.15, 0.2) is 12.3 Å². The molecule has 0 aliphatic rings. The number of benzene rings is 1. The minimum Gasteiger partial charge on any atom is -0.466 e. The van der Waals surface area contributed by atoms with Gasteiger partial charge >= 0.3 is 5.69 Å². The lowest BCUT2D eigenvalue weighted by Crippen LogP contribution is -2.23. The van der Waals surface area contributed by atoms with Crippen LogP contribution in [0.5, 0.6) is 5.88 Å². The highest BCUT2D eigenvalue weighted by atomic mass is 16.5. The van der Waals surface area contributed by atoms with E-state index in [1.165, 1.54) is 4.57 Å². The number of carbonyl (C=O) groups is 1. The molecule has 1 amide bonds. The van der Waals surface area contributed by atoms with Crippen LogP contribution in [0.3, 0.4) is 0 Å². The van der Waals surface area contributed by atoms with Crippen LogP contribution in [0.4, 0.5) is 5.69 Å². The van der Waals surface area contributed by atoms with Gasteiger partial charge in [-0.25, -0.2) is 14.5 Å². The Labute approximate surface area is 172 Å². The van der Waals surface area contributed by atoms with Gasteiger partial charge in [0, 0.05) is 24.6 Å². The summed E-state index contributed by atoms with van der Waals surface area (Å²) in [6, 6.07) is 9.04. The summed E-state index contributed by atoms with van der Waals surface area (Å²) >= 11 is 0. The number of anilines is 1. The monoisotopic (exact) mass is 406 g/mol. The molecule has 9 heteroatoms. The summed E-state index contributed by atoms with van der Waals surface area (Å²) < 4.78 is 8.85. The highest BCUT2D eigenvalue weighted by molar-refractivity contribution is 5.94. The fourth-order valence-electron chi connectivity index (χ4n) is 3.50. The second-order valence-corrected chi connectivity index (χ2v) is 7.13. The summed E-state index contributed by atoms with van der Waals surface area (Å²) in [5.74, 6) is -0.00107. The Morgan fingerprint density at radius 3 is 2.73 bits per heavy atom. The Bertz CT molecular complexity index is 1310. The van der Waals surface area contributed by atoms with E-state index in [4.69, 9.17) is 4.74 Å². The number of nitrogens with one attached hydrogen (secondary N) is 2. The molecule has 3 aromatic heterocycles. The zero-order valence-corrected chi connectivity index (χ0v) is 17.2. The molecule has 0 aliphatic heterocycles. The molecular weight excluding hydrogens is 384 g/mol. The predicted molar refractivity (Wildman–Crippen MR) is 113 cm³/mol. The first kappa shape index (κ1) is 19.4. The number of ether oxygens (including phenoxy) is 1. The van der Waals surface area contributed by atoms with Gasteiger partial charge in [0.1, 0.15) is 0 Å². The molecule has 4 aromatic rings. The van der Waals surface area contributed by atoms with Crippen molar-refractivity contribution in [1.29, 1.82) is 0 Å². The van der Waals surface area contributed by atoms with E-state index >= 15 is 0 Å². The van der Waals surface area contributed by atoms with Crippen molar-refractivity contribution in [2.75, 3.05) is 11.9 Å². The van der Waals surface area contributed by atoms with Gasteiger partial charge in [-0.05, 0) is 44.5 Å². The summed E-state index contributed by atoms with van der Waals surface area (Å²) in [5, 5.41) is 7.95. The normalized spacial score (nSPS) is 11.1. The van der Waals surface area contributed by atoms with Gasteiger partial charge in [-0.3, -0.25) is 9.36 Å². The van der Waals surface area contributed by atoms with Crippen LogP contribution in [-0.2, 0) is 11.8 Å². The minimum absolute atomic E-state index is 0.227. The molecule has 0 saturated heterocycles. The second-order valence-electron chi connectivity index (χ2n) is 7.13. The van der Waals surface area contributed by atoms with Crippen LogP contribution in [0, 0.1) is 20.8 Å². The van der Waals surface area contributed by atoms with Crippen molar-refractivity contribution in [1.82, 2.24) is 24.3 Å². The third-order valence-corrected chi connectivity index (χ3v) is 4.81. The van der Waals surface area contributed by atoms with E-state index in [9.17, 15) is 9.59 Å². The quantitative estimate of drug-likeness (QED) is 0.529. The maximum Gasteiger partial charge on any atom is 0.330 e. The fraction of sp³-hybridized carbons (Fsp3) is 0.238. The maximum absolute atomic E-state index is 12.6. The standard InChI is InChI=1S/C21H22N6O3/c1-12-9-13(2)23-19-18(12)20(25-26(19)4)30-11-17(28)24-15-7-5-6-8-16(15)27-14(3)10-22-21(27)29/h5-10H,11H2,1-4H3,(H,22,29)(H,24,28). The number of para-hydroxylation sites is 2.